The largest absolute Gasteiger partial charge is 0.434 e. The Morgan fingerprint density at radius 1 is 1.07 bits per heavy atom. The predicted molar refractivity (Wildman–Crippen MR) is 99.0 cm³/mol. The van der Waals surface area contributed by atoms with Crippen LogP contribution >= 0.6 is 0 Å². The number of halogens is 1. The monoisotopic (exact) mass is 367 g/mol. The van der Waals surface area contributed by atoms with Crippen LogP contribution in [-0.4, -0.2) is 37.5 Å². The third-order valence-corrected chi connectivity index (χ3v) is 4.99. The molecule has 1 saturated heterocycles. The lowest BCUT2D eigenvalue weighted by atomic mass is 9.93. The zero-order valence-corrected chi connectivity index (χ0v) is 15.3. The first-order chi connectivity index (χ1) is 13.2. The molecule has 0 bridgehead atoms. The topological polar surface area (TPSA) is 56.1 Å². The molecular formula is C20H22FN5O. The number of benzene rings is 1. The minimum Gasteiger partial charge on any atom is -0.434 e. The van der Waals surface area contributed by atoms with E-state index < -0.39 is 5.82 Å². The summed E-state index contributed by atoms with van der Waals surface area (Å²) in [6.07, 6.45) is 8.95. The smallest absolute Gasteiger partial charge is 0.241 e. The molecule has 0 N–H and O–H groups in total. The van der Waals surface area contributed by atoms with E-state index in [0.717, 1.165) is 44.0 Å². The highest BCUT2D eigenvalue weighted by Gasteiger charge is 2.26. The molecule has 3 aromatic rings. The fourth-order valence-electron chi connectivity index (χ4n) is 3.44. The van der Waals surface area contributed by atoms with Crippen LogP contribution < -0.4 is 4.74 Å². The van der Waals surface area contributed by atoms with Crippen LogP contribution in [0, 0.1) is 5.82 Å². The van der Waals surface area contributed by atoms with Gasteiger partial charge < -0.3 is 9.30 Å². The van der Waals surface area contributed by atoms with Gasteiger partial charge in [-0.2, -0.15) is 0 Å². The van der Waals surface area contributed by atoms with Crippen molar-refractivity contribution in [1.82, 2.24) is 24.4 Å². The van der Waals surface area contributed by atoms with E-state index in [1.165, 1.54) is 6.07 Å². The Bertz CT molecular complexity index is 905. The molecule has 1 aliphatic rings. The Labute approximate surface area is 157 Å². The number of likely N-dealkylation sites (tertiary alicyclic amines) is 1. The maximum Gasteiger partial charge on any atom is 0.241 e. The van der Waals surface area contributed by atoms with Gasteiger partial charge in [-0.3, -0.25) is 9.88 Å². The molecule has 4 rings (SSSR count). The van der Waals surface area contributed by atoms with E-state index in [2.05, 4.69) is 24.4 Å². The maximum atomic E-state index is 13.9. The number of hydrogen-bond acceptors (Lipinski definition) is 5. The lowest BCUT2D eigenvalue weighted by Gasteiger charge is -2.31. The molecule has 1 fully saturated rings. The highest BCUT2D eigenvalue weighted by atomic mass is 19.1. The quantitative estimate of drug-likeness (QED) is 0.691. The second-order valence-electron chi connectivity index (χ2n) is 6.78. The average Bonchev–Trinajstić information content (AvgIpc) is 3.09. The Hall–Kier alpha value is -2.80. The van der Waals surface area contributed by atoms with Gasteiger partial charge >= 0.3 is 0 Å². The van der Waals surface area contributed by atoms with Gasteiger partial charge in [0.15, 0.2) is 11.6 Å². The summed E-state index contributed by atoms with van der Waals surface area (Å²) < 4.78 is 21.7. The molecule has 1 aliphatic heterocycles. The summed E-state index contributed by atoms with van der Waals surface area (Å²) in [7, 11) is 2.01. The fourth-order valence-corrected chi connectivity index (χ4v) is 3.44. The zero-order chi connectivity index (χ0) is 18.6. The molecule has 27 heavy (non-hydrogen) atoms. The maximum absolute atomic E-state index is 13.9. The van der Waals surface area contributed by atoms with Gasteiger partial charge in [0.1, 0.15) is 11.5 Å². The SMILES string of the molecule is Cn1ccnc1CN1CCC(c2nccnc2Oc2ccccc2F)CC1. The van der Waals surface area contributed by atoms with Crippen molar-refractivity contribution in [2.45, 2.75) is 25.3 Å². The third-order valence-electron chi connectivity index (χ3n) is 4.99. The normalized spacial score (nSPS) is 15.8. The summed E-state index contributed by atoms with van der Waals surface area (Å²) >= 11 is 0. The second kappa shape index (κ2) is 7.84. The first-order valence-electron chi connectivity index (χ1n) is 9.12. The average molecular weight is 367 g/mol. The van der Waals surface area contributed by atoms with Crippen molar-refractivity contribution in [1.29, 1.82) is 0 Å². The Morgan fingerprint density at radius 3 is 2.59 bits per heavy atom. The molecule has 0 amide bonds. The molecule has 6 nitrogen and oxygen atoms in total. The molecule has 0 saturated carbocycles. The lowest BCUT2D eigenvalue weighted by Crippen LogP contribution is -2.33. The number of hydrogen-bond donors (Lipinski definition) is 0. The van der Waals surface area contributed by atoms with Gasteiger partial charge in [0.25, 0.3) is 0 Å². The Balaban J connectivity index is 1.44. The molecule has 140 valence electrons. The summed E-state index contributed by atoms with van der Waals surface area (Å²) in [5.41, 5.74) is 0.803. The van der Waals surface area contributed by atoms with E-state index in [1.807, 2.05) is 19.4 Å². The van der Waals surface area contributed by atoms with Gasteiger partial charge in [-0.05, 0) is 38.1 Å². The molecule has 0 aliphatic carbocycles. The third kappa shape index (κ3) is 3.98. The van der Waals surface area contributed by atoms with Gasteiger partial charge in [0, 0.05) is 37.8 Å². The van der Waals surface area contributed by atoms with Crippen LogP contribution in [0.2, 0.25) is 0 Å². The van der Waals surface area contributed by atoms with Gasteiger partial charge in [-0.1, -0.05) is 12.1 Å². The number of para-hydroxylation sites is 1. The highest BCUT2D eigenvalue weighted by Crippen LogP contribution is 2.34. The van der Waals surface area contributed by atoms with E-state index in [-0.39, 0.29) is 11.7 Å². The molecule has 0 unspecified atom stereocenters. The van der Waals surface area contributed by atoms with Crippen LogP contribution in [0.25, 0.3) is 0 Å². The number of aromatic nitrogens is 4. The van der Waals surface area contributed by atoms with Crippen molar-refractivity contribution < 1.29 is 9.13 Å². The van der Waals surface area contributed by atoms with Crippen molar-refractivity contribution in [3.63, 3.8) is 0 Å². The summed E-state index contributed by atoms with van der Waals surface area (Å²) in [4.78, 5) is 15.6. The Morgan fingerprint density at radius 2 is 1.85 bits per heavy atom. The van der Waals surface area contributed by atoms with Crippen molar-refractivity contribution in [3.8, 4) is 11.6 Å². The first-order valence-corrected chi connectivity index (χ1v) is 9.12. The lowest BCUT2D eigenvalue weighted by molar-refractivity contribution is 0.195. The summed E-state index contributed by atoms with van der Waals surface area (Å²) in [6.45, 7) is 2.75. The van der Waals surface area contributed by atoms with Crippen LogP contribution in [0.3, 0.4) is 0 Å². The van der Waals surface area contributed by atoms with Gasteiger partial charge in [0.2, 0.25) is 5.88 Å². The van der Waals surface area contributed by atoms with Crippen LogP contribution in [-0.2, 0) is 13.6 Å². The summed E-state index contributed by atoms with van der Waals surface area (Å²) in [6, 6.07) is 6.35. The molecule has 3 heterocycles. The van der Waals surface area contributed by atoms with Gasteiger partial charge in [0.05, 0.1) is 6.54 Å². The molecule has 0 radical (unpaired) electrons. The number of piperidine rings is 1. The van der Waals surface area contributed by atoms with E-state index >= 15 is 0 Å². The van der Waals surface area contributed by atoms with Gasteiger partial charge in [-0.15, -0.1) is 0 Å². The van der Waals surface area contributed by atoms with E-state index in [4.69, 9.17) is 4.74 Å². The van der Waals surface area contributed by atoms with Gasteiger partial charge in [-0.25, -0.2) is 14.4 Å². The minimum absolute atomic E-state index is 0.173. The van der Waals surface area contributed by atoms with Crippen LogP contribution in [0.4, 0.5) is 4.39 Å². The van der Waals surface area contributed by atoms with E-state index in [1.54, 1.807) is 30.6 Å². The predicted octanol–water partition coefficient (Wildman–Crippen LogP) is 3.52. The molecule has 7 heteroatoms. The Kier molecular flexibility index (Phi) is 5.11. The van der Waals surface area contributed by atoms with E-state index in [0.29, 0.717) is 5.88 Å². The molecule has 1 aromatic carbocycles. The first kappa shape index (κ1) is 17.6. The number of imidazole rings is 1. The number of ether oxygens (including phenoxy) is 1. The molecule has 0 spiro atoms. The fraction of sp³-hybridized carbons (Fsp3) is 0.350. The van der Waals surface area contributed by atoms with Crippen LogP contribution in [0.1, 0.15) is 30.3 Å². The summed E-state index contributed by atoms with van der Waals surface area (Å²) in [5.74, 6) is 1.48. The van der Waals surface area contributed by atoms with Crippen LogP contribution in [0.5, 0.6) is 11.6 Å². The number of nitrogens with zero attached hydrogens (tertiary/aromatic N) is 5. The minimum atomic E-state index is -0.404. The van der Waals surface area contributed by atoms with Crippen molar-refractivity contribution in [2.24, 2.45) is 7.05 Å². The van der Waals surface area contributed by atoms with Crippen molar-refractivity contribution in [3.05, 3.63) is 66.4 Å². The molecule has 2 aromatic heterocycles. The van der Waals surface area contributed by atoms with Crippen LogP contribution in [0.15, 0.2) is 49.1 Å². The highest BCUT2D eigenvalue weighted by molar-refractivity contribution is 5.31. The second-order valence-corrected chi connectivity index (χ2v) is 6.78. The zero-order valence-electron chi connectivity index (χ0n) is 15.3. The van der Waals surface area contributed by atoms with Crippen molar-refractivity contribution in [2.75, 3.05) is 13.1 Å². The summed E-state index contributed by atoms with van der Waals surface area (Å²) in [5, 5.41) is 0. The standard InChI is InChI=1S/C20H22FN5O/c1-25-13-10-22-18(25)14-26-11-6-15(7-12-26)19-20(24-9-8-23-19)27-17-5-3-2-4-16(17)21/h2-5,8-10,13,15H,6-7,11-12,14H2,1H3. The molecule has 0 atom stereocenters. The van der Waals surface area contributed by atoms with Crippen molar-refractivity contribution >= 4 is 0 Å². The number of aryl methyl sites for hydroxylation is 1. The van der Waals surface area contributed by atoms with E-state index in [9.17, 15) is 4.39 Å². The number of rotatable bonds is 5. The molecular weight excluding hydrogens is 345 g/mol.